The topological polar surface area (TPSA) is 15.3 Å². The fraction of sp³-hybridized carbons (Fsp3) is 0.667. The zero-order valence-corrected chi connectivity index (χ0v) is 15.4. The maximum atomic E-state index is 3.65. The summed E-state index contributed by atoms with van der Waals surface area (Å²) >= 11 is 3.65. The number of hydrogen-bond acceptors (Lipinski definition) is 2. The Morgan fingerprint density at radius 3 is 2.57 bits per heavy atom. The van der Waals surface area contributed by atoms with Crippen molar-refractivity contribution in [3.8, 4) is 0 Å². The van der Waals surface area contributed by atoms with E-state index in [0.717, 1.165) is 12.5 Å². The van der Waals surface area contributed by atoms with Gasteiger partial charge in [-0.2, -0.15) is 0 Å². The molecule has 1 fully saturated rings. The Morgan fingerprint density at radius 1 is 1.29 bits per heavy atom. The van der Waals surface area contributed by atoms with Gasteiger partial charge < -0.3 is 10.2 Å². The molecule has 1 saturated carbocycles. The summed E-state index contributed by atoms with van der Waals surface area (Å²) < 4.78 is 1.17. The highest BCUT2D eigenvalue weighted by atomic mass is 79.9. The Hall–Kier alpha value is -0.540. The number of hydrogen-bond donors (Lipinski definition) is 1. The van der Waals surface area contributed by atoms with E-state index >= 15 is 0 Å². The monoisotopic (exact) mass is 352 g/mol. The van der Waals surface area contributed by atoms with Crippen LogP contribution in [0.3, 0.4) is 0 Å². The van der Waals surface area contributed by atoms with Gasteiger partial charge in [0.05, 0.1) is 0 Å². The first-order valence-corrected chi connectivity index (χ1v) is 9.11. The van der Waals surface area contributed by atoms with Gasteiger partial charge in [0, 0.05) is 28.8 Å². The second kappa shape index (κ2) is 7.64. The van der Waals surface area contributed by atoms with Gasteiger partial charge in [-0.3, -0.25) is 0 Å². The third-order valence-electron chi connectivity index (χ3n) is 4.24. The fourth-order valence-electron chi connectivity index (χ4n) is 2.77. The molecule has 21 heavy (non-hydrogen) atoms. The van der Waals surface area contributed by atoms with Crippen molar-refractivity contribution in [2.75, 3.05) is 18.0 Å². The first kappa shape index (κ1) is 16.8. The Labute approximate surface area is 138 Å². The highest BCUT2D eigenvalue weighted by Crippen LogP contribution is 2.36. The summed E-state index contributed by atoms with van der Waals surface area (Å²) in [5, 5.41) is 3.63. The average Bonchev–Trinajstić information content (AvgIpc) is 3.25. The lowest BCUT2D eigenvalue weighted by Gasteiger charge is -2.33. The minimum Gasteiger partial charge on any atom is -0.369 e. The molecule has 0 spiro atoms. The molecule has 3 heteroatoms. The smallest absolute Gasteiger partial charge is 0.0428 e. The van der Waals surface area contributed by atoms with Crippen molar-refractivity contribution in [2.24, 2.45) is 5.92 Å². The van der Waals surface area contributed by atoms with E-state index in [4.69, 9.17) is 0 Å². The largest absolute Gasteiger partial charge is 0.369 e. The molecule has 1 unspecified atom stereocenters. The third-order valence-corrected chi connectivity index (χ3v) is 4.74. The summed E-state index contributed by atoms with van der Waals surface area (Å²) in [5.74, 6) is 0.901. The van der Waals surface area contributed by atoms with Gasteiger partial charge in [-0.15, -0.1) is 0 Å². The maximum Gasteiger partial charge on any atom is 0.0428 e. The van der Waals surface area contributed by atoms with Crippen LogP contribution in [0, 0.1) is 5.92 Å². The molecular weight excluding hydrogens is 324 g/mol. The normalized spacial score (nSPS) is 16.3. The van der Waals surface area contributed by atoms with E-state index in [1.807, 2.05) is 0 Å². The predicted octanol–water partition coefficient (Wildman–Crippen LogP) is 5.13. The predicted molar refractivity (Wildman–Crippen MR) is 96.1 cm³/mol. The van der Waals surface area contributed by atoms with Gasteiger partial charge in [-0.05, 0) is 70.2 Å². The molecule has 118 valence electrons. The molecule has 1 N–H and O–H groups in total. The van der Waals surface area contributed by atoms with Crippen LogP contribution in [0.4, 0.5) is 5.69 Å². The van der Waals surface area contributed by atoms with E-state index in [2.05, 4.69) is 72.0 Å². The highest BCUT2D eigenvalue weighted by molar-refractivity contribution is 9.10. The average molecular weight is 353 g/mol. The molecule has 0 heterocycles. The molecule has 0 radical (unpaired) electrons. The van der Waals surface area contributed by atoms with Gasteiger partial charge in [-0.1, -0.05) is 28.9 Å². The van der Waals surface area contributed by atoms with E-state index in [9.17, 15) is 0 Å². The van der Waals surface area contributed by atoms with E-state index in [1.54, 1.807) is 0 Å². The molecule has 0 aromatic heterocycles. The van der Waals surface area contributed by atoms with Gasteiger partial charge in [-0.25, -0.2) is 0 Å². The number of rotatable bonds is 8. The van der Waals surface area contributed by atoms with Crippen LogP contribution in [0.1, 0.15) is 58.6 Å². The number of nitrogens with zero attached hydrogens (tertiary/aromatic N) is 1. The highest BCUT2D eigenvalue weighted by Gasteiger charge is 2.27. The molecule has 1 atom stereocenters. The van der Waals surface area contributed by atoms with Crippen LogP contribution in [-0.2, 0) is 0 Å². The van der Waals surface area contributed by atoms with Gasteiger partial charge in [0.15, 0.2) is 0 Å². The molecule has 2 rings (SSSR count). The van der Waals surface area contributed by atoms with Crippen molar-refractivity contribution in [3.05, 3.63) is 28.2 Å². The van der Waals surface area contributed by atoms with Crippen LogP contribution < -0.4 is 10.2 Å². The van der Waals surface area contributed by atoms with E-state index in [0.29, 0.717) is 12.1 Å². The molecule has 0 aliphatic heterocycles. The molecule has 0 amide bonds. The van der Waals surface area contributed by atoms with Gasteiger partial charge >= 0.3 is 0 Å². The van der Waals surface area contributed by atoms with Crippen molar-refractivity contribution in [3.63, 3.8) is 0 Å². The lowest BCUT2D eigenvalue weighted by atomic mass is 10.0. The first-order chi connectivity index (χ1) is 10.0. The number of halogens is 1. The van der Waals surface area contributed by atoms with E-state index in [1.165, 1.54) is 41.5 Å². The molecule has 1 aliphatic rings. The molecular formula is C18H29BrN2. The van der Waals surface area contributed by atoms with Gasteiger partial charge in [0.25, 0.3) is 0 Å². The fourth-order valence-corrected chi connectivity index (χ4v) is 3.12. The maximum absolute atomic E-state index is 3.65. The van der Waals surface area contributed by atoms with E-state index in [-0.39, 0.29) is 0 Å². The first-order valence-electron chi connectivity index (χ1n) is 8.32. The summed E-state index contributed by atoms with van der Waals surface area (Å²) in [6.45, 7) is 11.4. The summed E-state index contributed by atoms with van der Waals surface area (Å²) in [4.78, 5) is 2.59. The Kier molecular flexibility index (Phi) is 6.12. The Bertz CT molecular complexity index is 455. The van der Waals surface area contributed by atoms with E-state index < -0.39 is 0 Å². The van der Waals surface area contributed by atoms with Crippen LogP contribution in [0.15, 0.2) is 22.7 Å². The van der Waals surface area contributed by atoms with Crippen molar-refractivity contribution in [2.45, 2.75) is 59.0 Å². The molecule has 1 aliphatic carbocycles. The summed E-state index contributed by atoms with van der Waals surface area (Å²) in [6, 6.07) is 7.67. The van der Waals surface area contributed by atoms with Crippen LogP contribution in [0.25, 0.3) is 0 Å². The number of nitrogens with one attached hydrogen (secondary N) is 1. The molecule has 2 nitrogen and oxygen atoms in total. The second-order valence-electron chi connectivity index (χ2n) is 6.57. The molecule has 1 aromatic rings. The quantitative estimate of drug-likeness (QED) is 0.697. The minimum atomic E-state index is 0.397. The molecule has 1 aromatic carbocycles. The Balaban J connectivity index is 2.27. The van der Waals surface area contributed by atoms with Crippen LogP contribution >= 0.6 is 15.9 Å². The van der Waals surface area contributed by atoms with Crippen molar-refractivity contribution < 1.29 is 0 Å². The standard InChI is InChI=1S/C18H29BrN2/c1-5-10-20-14(4)17-9-8-16(19)11-18(17)21(13(2)3)12-15-6-7-15/h8-9,11,13-15,20H,5-7,10,12H2,1-4H3. The van der Waals surface area contributed by atoms with Gasteiger partial charge in [0.2, 0.25) is 0 Å². The van der Waals surface area contributed by atoms with Gasteiger partial charge in [0.1, 0.15) is 0 Å². The SMILES string of the molecule is CCCNC(C)c1ccc(Br)cc1N(CC1CC1)C(C)C. The molecule has 0 bridgehead atoms. The van der Waals surface area contributed by atoms with Crippen LogP contribution in [0.5, 0.6) is 0 Å². The zero-order valence-electron chi connectivity index (χ0n) is 13.8. The second-order valence-corrected chi connectivity index (χ2v) is 7.48. The summed E-state index contributed by atoms with van der Waals surface area (Å²) in [5.41, 5.74) is 2.81. The van der Waals surface area contributed by atoms with Crippen molar-refractivity contribution >= 4 is 21.6 Å². The number of anilines is 1. The summed E-state index contributed by atoms with van der Waals surface area (Å²) in [7, 11) is 0. The van der Waals surface area contributed by atoms with Crippen molar-refractivity contribution in [1.82, 2.24) is 5.32 Å². The van der Waals surface area contributed by atoms with Crippen LogP contribution in [0.2, 0.25) is 0 Å². The zero-order chi connectivity index (χ0) is 15.4. The van der Waals surface area contributed by atoms with Crippen molar-refractivity contribution in [1.29, 1.82) is 0 Å². The third kappa shape index (κ3) is 4.72. The lowest BCUT2D eigenvalue weighted by Crippen LogP contribution is -2.34. The molecule has 0 saturated heterocycles. The number of benzene rings is 1. The summed E-state index contributed by atoms with van der Waals surface area (Å²) in [6.07, 6.45) is 3.97. The minimum absolute atomic E-state index is 0.397. The van der Waals surface area contributed by atoms with Crippen LogP contribution in [-0.4, -0.2) is 19.1 Å². The lowest BCUT2D eigenvalue weighted by molar-refractivity contribution is 0.563. The Morgan fingerprint density at radius 2 is 2.00 bits per heavy atom.